The predicted molar refractivity (Wildman–Crippen MR) is 70.1 cm³/mol. The summed E-state index contributed by atoms with van der Waals surface area (Å²) in [5.74, 6) is -0.470. The Labute approximate surface area is 115 Å². The van der Waals surface area contributed by atoms with Crippen molar-refractivity contribution < 1.29 is 23.7 Å². The van der Waals surface area contributed by atoms with Gasteiger partial charge < -0.3 is 23.7 Å². The van der Waals surface area contributed by atoms with E-state index in [1.165, 1.54) is 0 Å². The Morgan fingerprint density at radius 1 is 1.16 bits per heavy atom. The molecule has 0 radical (unpaired) electrons. The summed E-state index contributed by atoms with van der Waals surface area (Å²) in [7, 11) is 0. The molecule has 1 unspecified atom stereocenters. The van der Waals surface area contributed by atoms with Crippen molar-refractivity contribution in [2.75, 3.05) is 46.2 Å². The lowest BCUT2D eigenvalue weighted by Gasteiger charge is -2.40. The molecule has 2 aliphatic heterocycles. The van der Waals surface area contributed by atoms with Gasteiger partial charge in [-0.3, -0.25) is 0 Å². The molecule has 0 bridgehead atoms. The molecule has 5 nitrogen and oxygen atoms in total. The van der Waals surface area contributed by atoms with Crippen LogP contribution in [0.5, 0.6) is 0 Å². The summed E-state index contributed by atoms with van der Waals surface area (Å²) in [6.07, 6.45) is 1.15. The van der Waals surface area contributed by atoms with E-state index in [-0.39, 0.29) is 11.5 Å². The van der Waals surface area contributed by atoms with Crippen LogP contribution in [0.1, 0.15) is 27.2 Å². The fourth-order valence-electron chi connectivity index (χ4n) is 2.25. The third kappa shape index (κ3) is 4.39. The van der Waals surface area contributed by atoms with Crippen LogP contribution < -0.4 is 0 Å². The molecule has 2 heterocycles. The highest BCUT2D eigenvalue weighted by atomic mass is 16.7. The molecule has 0 amide bonds. The lowest BCUT2D eigenvalue weighted by atomic mass is 9.84. The topological polar surface area (TPSA) is 46.2 Å². The average Bonchev–Trinajstić information content (AvgIpc) is 2.66. The van der Waals surface area contributed by atoms with E-state index in [9.17, 15) is 0 Å². The lowest BCUT2D eigenvalue weighted by Crippen LogP contribution is -2.45. The summed E-state index contributed by atoms with van der Waals surface area (Å²) in [5.41, 5.74) is 0.256. The van der Waals surface area contributed by atoms with Crippen LogP contribution in [0.4, 0.5) is 0 Å². The van der Waals surface area contributed by atoms with Crippen LogP contribution in [0, 0.1) is 5.41 Å². The number of hydrogen-bond acceptors (Lipinski definition) is 5. The Morgan fingerprint density at radius 2 is 1.89 bits per heavy atom. The van der Waals surface area contributed by atoms with Crippen molar-refractivity contribution in [3.63, 3.8) is 0 Å². The molecule has 2 rings (SSSR count). The van der Waals surface area contributed by atoms with Crippen molar-refractivity contribution >= 4 is 0 Å². The molecular formula is C14H26O5. The molecule has 0 aromatic carbocycles. The largest absolute Gasteiger partial charge is 0.380 e. The maximum absolute atomic E-state index is 5.66. The molecule has 0 aliphatic carbocycles. The molecule has 0 spiro atoms. The monoisotopic (exact) mass is 274 g/mol. The van der Waals surface area contributed by atoms with E-state index in [1.807, 2.05) is 13.8 Å². The fourth-order valence-corrected chi connectivity index (χ4v) is 2.25. The van der Waals surface area contributed by atoms with Crippen LogP contribution >= 0.6 is 0 Å². The third-order valence-electron chi connectivity index (χ3n) is 3.72. The van der Waals surface area contributed by atoms with Crippen molar-refractivity contribution in [2.45, 2.75) is 39.1 Å². The Balaban J connectivity index is 1.47. The SMILES string of the molecule is CCC1(COCCOCC2COC(C)(C)O2)COC1. The van der Waals surface area contributed by atoms with Crippen molar-refractivity contribution in [1.82, 2.24) is 0 Å². The minimum Gasteiger partial charge on any atom is -0.380 e. The lowest BCUT2D eigenvalue weighted by molar-refractivity contribution is -0.156. The van der Waals surface area contributed by atoms with Crippen LogP contribution in [-0.2, 0) is 23.7 Å². The first kappa shape index (κ1) is 15.2. The molecule has 2 aliphatic rings. The van der Waals surface area contributed by atoms with Crippen LogP contribution in [0.25, 0.3) is 0 Å². The second-order valence-corrected chi connectivity index (χ2v) is 5.92. The van der Waals surface area contributed by atoms with E-state index < -0.39 is 5.79 Å². The summed E-state index contributed by atoms with van der Waals surface area (Å²) in [5, 5.41) is 0. The minimum absolute atomic E-state index is 0.0389. The van der Waals surface area contributed by atoms with E-state index in [0.717, 1.165) is 26.2 Å². The van der Waals surface area contributed by atoms with Crippen molar-refractivity contribution in [3.8, 4) is 0 Å². The number of rotatable bonds is 8. The fraction of sp³-hybridized carbons (Fsp3) is 1.00. The molecule has 5 heteroatoms. The molecular weight excluding hydrogens is 248 g/mol. The van der Waals surface area contributed by atoms with Crippen LogP contribution in [-0.4, -0.2) is 58.1 Å². The zero-order chi connectivity index (χ0) is 13.8. The first-order valence-corrected chi connectivity index (χ1v) is 7.10. The van der Waals surface area contributed by atoms with Gasteiger partial charge in [-0.25, -0.2) is 0 Å². The number of hydrogen-bond donors (Lipinski definition) is 0. The molecule has 0 saturated carbocycles. The number of ether oxygens (including phenoxy) is 5. The van der Waals surface area contributed by atoms with Crippen LogP contribution in [0.2, 0.25) is 0 Å². The normalized spacial score (nSPS) is 28.3. The molecule has 0 aromatic rings. The second kappa shape index (κ2) is 6.50. The van der Waals surface area contributed by atoms with Crippen molar-refractivity contribution in [1.29, 1.82) is 0 Å². The zero-order valence-electron chi connectivity index (χ0n) is 12.3. The van der Waals surface area contributed by atoms with Gasteiger partial charge in [0.25, 0.3) is 0 Å². The van der Waals surface area contributed by atoms with Gasteiger partial charge in [-0.1, -0.05) is 6.92 Å². The zero-order valence-corrected chi connectivity index (χ0v) is 12.3. The van der Waals surface area contributed by atoms with Gasteiger partial charge in [-0.05, 0) is 20.3 Å². The summed E-state index contributed by atoms with van der Waals surface area (Å²) >= 11 is 0. The van der Waals surface area contributed by atoms with Gasteiger partial charge >= 0.3 is 0 Å². The van der Waals surface area contributed by atoms with Gasteiger partial charge in [0.15, 0.2) is 5.79 Å². The summed E-state index contributed by atoms with van der Waals surface area (Å²) in [6.45, 7) is 10.8. The van der Waals surface area contributed by atoms with Gasteiger partial charge in [0.2, 0.25) is 0 Å². The predicted octanol–water partition coefficient (Wildman–Crippen LogP) is 1.60. The second-order valence-electron chi connectivity index (χ2n) is 5.92. The van der Waals surface area contributed by atoms with E-state index in [2.05, 4.69) is 6.92 Å². The molecule has 2 saturated heterocycles. The quantitative estimate of drug-likeness (QED) is 0.629. The van der Waals surface area contributed by atoms with E-state index >= 15 is 0 Å². The molecule has 0 aromatic heterocycles. The van der Waals surface area contributed by atoms with E-state index in [4.69, 9.17) is 23.7 Å². The van der Waals surface area contributed by atoms with Crippen molar-refractivity contribution in [3.05, 3.63) is 0 Å². The highest BCUT2D eigenvalue weighted by Crippen LogP contribution is 2.31. The Hall–Kier alpha value is -0.200. The van der Waals surface area contributed by atoms with Gasteiger partial charge in [0.1, 0.15) is 6.10 Å². The van der Waals surface area contributed by atoms with Gasteiger partial charge in [-0.2, -0.15) is 0 Å². The molecule has 0 N–H and O–H groups in total. The molecule has 19 heavy (non-hydrogen) atoms. The Kier molecular flexibility index (Phi) is 5.20. The average molecular weight is 274 g/mol. The maximum Gasteiger partial charge on any atom is 0.163 e. The van der Waals surface area contributed by atoms with E-state index in [1.54, 1.807) is 0 Å². The molecule has 112 valence electrons. The Morgan fingerprint density at radius 3 is 2.42 bits per heavy atom. The van der Waals surface area contributed by atoms with Crippen LogP contribution in [0.15, 0.2) is 0 Å². The first-order chi connectivity index (χ1) is 9.05. The highest BCUT2D eigenvalue weighted by Gasteiger charge is 2.37. The van der Waals surface area contributed by atoms with E-state index in [0.29, 0.717) is 26.4 Å². The smallest absolute Gasteiger partial charge is 0.163 e. The molecule has 2 fully saturated rings. The first-order valence-electron chi connectivity index (χ1n) is 7.10. The Bertz CT molecular complexity index is 270. The highest BCUT2D eigenvalue weighted by molar-refractivity contribution is 4.83. The maximum atomic E-state index is 5.66. The summed E-state index contributed by atoms with van der Waals surface area (Å²) in [6, 6.07) is 0. The van der Waals surface area contributed by atoms with Crippen LogP contribution in [0.3, 0.4) is 0 Å². The van der Waals surface area contributed by atoms with Gasteiger partial charge in [0, 0.05) is 5.41 Å². The van der Waals surface area contributed by atoms with Gasteiger partial charge in [-0.15, -0.1) is 0 Å². The molecule has 1 atom stereocenters. The van der Waals surface area contributed by atoms with Crippen molar-refractivity contribution in [2.24, 2.45) is 5.41 Å². The minimum atomic E-state index is -0.470. The third-order valence-corrected chi connectivity index (χ3v) is 3.72. The summed E-state index contributed by atoms with van der Waals surface area (Å²) in [4.78, 5) is 0. The summed E-state index contributed by atoms with van der Waals surface area (Å²) < 4.78 is 27.6. The standard InChI is InChI=1S/C14H26O5/c1-4-14(10-17-11-14)9-16-6-5-15-7-12-8-18-13(2,3)19-12/h12H,4-11H2,1-3H3. The van der Waals surface area contributed by atoms with Gasteiger partial charge in [0.05, 0.1) is 46.2 Å².